The van der Waals surface area contributed by atoms with E-state index in [4.69, 9.17) is 14.2 Å². The Labute approximate surface area is 138 Å². The molecular formula is C18H16FNO4. The second-order valence-corrected chi connectivity index (χ2v) is 5.15. The number of ether oxygens (including phenoxy) is 3. The quantitative estimate of drug-likeness (QED) is 0.874. The molecule has 0 aliphatic carbocycles. The molecule has 6 heteroatoms. The van der Waals surface area contributed by atoms with Crippen LogP contribution in [-0.2, 0) is 16.1 Å². The summed E-state index contributed by atoms with van der Waals surface area (Å²) in [5.41, 5.74) is 1.76. The maximum Gasteiger partial charge on any atom is 0.248 e. The van der Waals surface area contributed by atoms with E-state index in [0.717, 1.165) is 0 Å². The van der Waals surface area contributed by atoms with E-state index in [1.54, 1.807) is 31.4 Å². The molecule has 0 bridgehead atoms. The van der Waals surface area contributed by atoms with Crippen molar-refractivity contribution in [2.24, 2.45) is 0 Å². The van der Waals surface area contributed by atoms with Crippen LogP contribution in [0, 0.1) is 5.82 Å². The second kappa shape index (κ2) is 7.14. The summed E-state index contributed by atoms with van der Waals surface area (Å²) in [5.74, 6) is 0.508. The first kappa shape index (κ1) is 16.0. The molecule has 1 aliphatic heterocycles. The molecule has 2 aromatic rings. The van der Waals surface area contributed by atoms with Crippen LogP contribution in [0.15, 0.2) is 42.5 Å². The lowest BCUT2D eigenvalue weighted by atomic mass is 10.1. The van der Waals surface area contributed by atoms with E-state index in [0.29, 0.717) is 28.3 Å². The fourth-order valence-electron chi connectivity index (χ4n) is 2.36. The molecule has 1 aliphatic rings. The Morgan fingerprint density at radius 3 is 2.83 bits per heavy atom. The van der Waals surface area contributed by atoms with E-state index in [2.05, 4.69) is 5.32 Å². The van der Waals surface area contributed by atoms with Gasteiger partial charge in [0.25, 0.3) is 0 Å². The summed E-state index contributed by atoms with van der Waals surface area (Å²) in [6, 6.07) is 9.64. The highest BCUT2D eigenvalue weighted by atomic mass is 19.1. The lowest BCUT2D eigenvalue weighted by Crippen LogP contribution is -2.13. The van der Waals surface area contributed by atoms with Gasteiger partial charge in [0.15, 0.2) is 6.79 Å². The summed E-state index contributed by atoms with van der Waals surface area (Å²) in [5, 5.41) is 2.72. The smallest absolute Gasteiger partial charge is 0.248 e. The minimum Gasteiger partial charge on any atom is -0.497 e. The number of methoxy groups -OCH3 is 1. The molecule has 0 radical (unpaired) electrons. The number of carbonyl (C=O) groups excluding carboxylic acids is 1. The van der Waals surface area contributed by atoms with E-state index in [1.807, 2.05) is 0 Å². The summed E-state index contributed by atoms with van der Waals surface area (Å²) in [4.78, 5) is 12.0. The fraction of sp³-hybridized carbons (Fsp3) is 0.167. The van der Waals surface area contributed by atoms with E-state index in [9.17, 15) is 9.18 Å². The van der Waals surface area contributed by atoms with E-state index < -0.39 is 5.82 Å². The Morgan fingerprint density at radius 2 is 2.08 bits per heavy atom. The van der Waals surface area contributed by atoms with Crippen LogP contribution in [0.4, 0.5) is 10.1 Å². The van der Waals surface area contributed by atoms with Crippen LogP contribution in [0.2, 0.25) is 0 Å². The zero-order valence-corrected chi connectivity index (χ0v) is 13.0. The first-order valence-electron chi connectivity index (χ1n) is 7.32. The third kappa shape index (κ3) is 3.72. The Bertz CT molecular complexity index is 771. The minimum absolute atomic E-state index is 0.109. The van der Waals surface area contributed by atoms with Gasteiger partial charge in [-0.3, -0.25) is 4.79 Å². The van der Waals surface area contributed by atoms with Crippen LogP contribution < -0.4 is 14.8 Å². The minimum atomic E-state index is -0.405. The summed E-state index contributed by atoms with van der Waals surface area (Å²) >= 11 is 0. The molecule has 5 nitrogen and oxygen atoms in total. The predicted molar refractivity (Wildman–Crippen MR) is 87.3 cm³/mol. The van der Waals surface area contributed by atoms with Crippen LogP contribution >= 0.6 is 0 Å². The largest absolute Gasteiger partial charge is 0.497 e. The van der Waals surface area contributed by atoms with Gasteiger partial charge in [-0.1, -0.05) is 0 Å². The molecule has 0 unspecified atom stereocenters. The van der Waals surface area contributed by atoms with Gasteiger partial charge in [0.1, 0.15) is 17.3 Å². The Balaban J connectivity index is 1.73. The maximum absolute atomic E-state index is 13.6. The molecule has 1 amide bonds. The third-order valence-electron chi connectivity index (χ3n) is 3.48. The number of amides is 1. The standard InChI is InChI=1S/C18H16FNO4/c1-22-16-5-3-15(4-6-16)20-17(21)7-2-12-8-14(19)9-13-10-23-11-24-18(12)13/h2-9H,10-11H2,1H3,(H,20,21)/b7-2+. The third-order valence-corrected chi connectivity index (χ3v) is 3.48. The van der Waals surface area contributed by atoms with Crippen molar-refractivity contribution >= 4 is 17.7 Å². The summed E-state index contributed by atoms with van der Waals surface area (Å²) in [7, 11) is 1.57. The molecule has 0 atom stereocenters. The molecule has 3 rings (SSSR count). The number of hydrogen-bond donors (Lipinski definition) is 1. The molecule has 0 saturated heterocycles. The maximum atomic E-state index is 13.6. The normalized spacial score (nSPS) is 13.2. The predicted octanol–water partition coefficient (Wildman–Crippen LogP) is 3.35. The van der Waals surface area contributed by atoms with Gasteiger partial charge in [-0.2, -0.15) is 0 Å². The summed E-state index contributed by atoms with van der Waals surface area (Å²) in [6.45, 7) is 0.392. The molecule has 2 aromatic carbocycles. The van der Waals surface area contributed by atoms with E-state index in [1.165, 1.54) is 24.3 Å². The van der Waals surface area contributed by atoms with Gasteiger partial charge >= 0.3 is 0 Å². The molecule has 24 heavy (non-hydrogen) atoms. The van der Waals surface area contributed by atoms with Gasteiger partial charge in [-0.15, -0.1) is 0 Å². The van der Waals surface area contributed by atoms with Crippen molar-refractivity contribution in [2.75, 3.05) is 19.2 Å². The van der Waals surface area contributed by atoms with Crippen molar-refractivity contribution in [1.82, 2.24) is 0 Å². The van der Waals surface area contributed by atoms with Gasteiger partial charge < -0.3 is 19.5 Å². The number of fused-ring (bicyclic) bond motifs is 1. The highest BCUT2D eigenvalue weighted by molar-refractivity contribution is 6.02. The van der Waals surface area contributed by atoms with Crippen molar-refractivity contribution < 1.29 is 23.4 Å². The molecule has 124 valence electrons. The summed E-state index contributed by atoms with van der Waals surface area (Å²) in [6.07, 6.45) is 2.85. The highest BCUT2D eigenvalue weighted by Crippen LogP contribution is 2.30. The molecule has 0 aromatic heterocycles. The monoisotopic (exact) mass is 329 g/mol. The molecule has 0 fully saturated rings. The second-order valence-electron chi connectivity index (χ2n) is 5.15. The molecule has 1 N–H and O–H groups in total. The number of benzene rings is 2. The van der Waals surface area contributed by atoms with Crippen molar-refractivity contribution in [3.8, 4) is 11.5 Å². The zero-order chi connectivity index (χ0) is 16.9. The fourth-order valence-corrected chi connectivity index (χ4v) is 2.36. The number of nitrogens with one attached hydrogen (secondary N) is 1. The van der Waals surface area contributed by atoms with Crippen molar-refractivity contribution in [3.05, 3.63) is 59.4 Å². The van der Waals surface area contributed by atoms with Crippen LogP contribution in [0.5, 0.6) is 11.5 Å². The molecule has 0 saturated carbocycles. The van der Waals surface area contributed by atoms with Crippen LogP contribution in [0.1, 0.15) is 11.1 Å². The van der Waals surface area contributed by atoms with Crippen molar-refractivity contribution in [1.29, 1.82) is 0 Å². The van der Waals surface area contributed by atoms with Gasteiger partial charge in [0.2, 0.25) is 5.91 Å². The van der Waals surface area contributed by atoms with Gasteiger partial charge in [-0.25, -0.2) is 4.39 Å². The number of rotatable bonds is 4. The highest BCUT2D eigenvalue weighted by Gasteiger charge is 2.15. The van der Waals surface area contributed by atoms with Crippen molar-refractivity contribution in [3.63, 3.8) is 0 Å². The topological polar surface area (TPSA) is 56.8 Å². The Kier molecular flexibility index (Phi) is 4.77. The molecule has 1 heterocycles. The average molecular weight is 329 g/mol. The van der Waals surface area contributed by atoms with E-state index >= 15 is 0 Å². The van der Waals surface area contributed by atoms with Gasteiger partial charge in [0.05, 0.1) is 13.7 Å². The van der Waals surface area contributed by atoms with E-state index in [-0.39, 0.29) is 19.3 Å². The van der Waals surface area contributed by atoms with Gasteiger partial charge in [0, 0.05) is 22.9 Å². The molecule has 0 spiro atoms. The average Bonchev–Trinajstić information content (AvgIpc) is 2.60. The van der Waals surface area contributed by atoms with Crippen LogP contribution in [0.3, 0.4) is 0 Å². The Hall–Kier alpha value is -2.86. The molecular weight excluding hydrogens is 313 g/mol. The number of anilines is 1. The Morgan fingerprint density at radius 1 is 1.29 bits per heavy atom. The lowest BCUT2D eigenvalue weighted by molar-refractivity contribution is -0.111. The van der Waals surface area contributed by atoms with Gasteiger partial charge in [-0.05, 0) is 42.5 Å². The SMILES string of the molecule is COc1ccc(NC(=O)/C=C/c2cc(F)cc3c2OCOC3)cc1. The number of carbonyl (C=O) groups is 1. The zero-order valence-electron chi connectivity index (χ0n) is 13.0. The van der Waals surface area contributed by atoms with Crippen molar-refractivity contribution in [2.45, 2.75) is 6.61 Å². The van der Waals surface area contributed by atoms with Crippen LogP contribution in [-0.4, -0.2) is 19.8 Å². The summed E-state index contributed by atoms with van der Waals surface area (Å²) < 4.78 is 29.2. The lowest BCUT2D eigenvalue weighted by Gasteiger charge is -2.19. The first-order valence-corrected chi connectivity index (χ1v) is 7.32. The number of hydrogen-bond acceptors (Lipinski definition) is 4. The van der Waals surface area contributed by atoms with Crippen LogP contribution in [0.25, 0.3) is 6.08 Å². The first-order chi connectivity index (χ1) is 11.7. The number of halogens is 1.